The van der Waals surface area contributed by atoms with Gasteiger partial charge in [-0.25, -0.2) is 0 Å². The fourth-order valence-electron chi connectivity index (χ4n) is 1.57. The molecule has 7 heteroatoms. The molecular weight excluding hydrogens is 304 g/mol. The largest absolute Gasteiger partial charge is 0.293 e. The lowest BCUT2D eigenvalue weighted by atomic mass is 10.2. The first kappa shape index (κ1) is 12.4. The molecule has 0 atom stereocenters. The lowest BCUT2D eigenvalue weighted by molar-refractivity contribution is 0.0994. The molecule has 2 heterocycles. The Morgan fingerprint density at radius 1 is 1.59 bits per heavy atom. The van der Waals surface area contributed by atoms with E-state index in [1.54, 1.807) is 0 Å². The number of hydrogen-bond donors (Lipinski definition) is 0. The zero-order valence-corrected chi connectivity index (χ0v) is 11.9. The lowest BCUT2D eigenvalue weighted by Gasteiger charge is -2.03. The van der Waals surface area contributed by atoms with Crippen LogP contribution in [-0.4, -0.2) is 25.2 Å². The normalized spacial score (nSPS) is 10.8. The minimum absolute atomic E-state index is 0.0234. The highest BCUT2D eigenvalue weighted by Crippen LogP contribution is 2.22. The van der Waals surface area contributed by atoms with Gasteiger partial charge in [0.1, 0.15) is 4.88 Å². The van der Waals surface area contributed by atoms with Gasteiger partial charge in [0.25, 0.3) is 0 Å². The number of halogens is 1. The molecule has 2 aromatic heterocycles. The van der Waals surface area contributed by atoms with Crippen LogP contribution in [0.1, 0.15) is 28.0 Å². The molecule has 0 amide bonds. The van der Waals surface area contributed by atoms with Crippen molar-refractivity contribution in [1.29, 1.82) is 0 Å². The van der Waals surface area contributed by atoms with Gasteiger partial charge in [-0.05, 0) is 41.3 Å². The summed E-state index contributed by atoms with van der Waals surface area (Å²) in [5, 5.41) is 8.02. The van der Waals surface area contributed by atoms with Gasteiger partial charge in [-0.15, -0.1) is 5.10 Å². The SMILES string of the molecule is CCn1nc(C)c(Br)c1CC(=O)c1cnns1. The molecule has 5 nitrogen and oxygen atoms in total. The molecule has 90 valence electrons. The monoisotopic (exact) mass is 314 g/mol. The second-order valence-corrected chi connectivity index (χ2v) is 5.12. The third-order valence-electron chi connectivity index (χ3n) is 2.42. The number of rotatable bonds is 4. The maximum Gasteiger partial charge on any atom is 0.182 e. The van der Waals surface area contributed by atoms with E-state index in [9.17, 15) is 4.79 Å². The minimum atomic E-state index is 0.0234. The summed E-state index contributed by atoms with van der Waals surface area (Å²) in [5.41, 5.74) is 1.81. The second kappa shape index (κ2) is 5.05. The topological polar surface area (TPSA) is 60.7 Å². The molecule has 0 aliphatic rings. The first-order chi connectivity index (χ1) is 8.13. The molecule has 0 radical (unpaired) electrons. The molecule has 2 aromatic rings. The maximum absolute atomic E-state index is 12.0. The molecule has 0 bridgehead atoms. The van der Waals surface area contributed by atoms with Gasteiger partial charge in [-0.2, -0.15) is 5.10 Å². The highest BCUT2D eigenvalue weighted by Gasteiger charge is 2.17. The third-order valence-corrected chi connectivity index (χ3v) is 4.15. The molecule has 0 saturated heterocycles. The fourth-order valence-corrected chi connectivity index (χ4v) is 2.44. The first-order valence-electron chi connectivity index (χ1n) is 5.15. The van der Waals surface area contributed by atoms with Gasteiger partial charge in [0.05, 0.1) is 28.5 Å². The first-order valence-corrected chi connectivity index (χ1v) is 6.72. The lowest BCUT2D eigenvalue weighted by Crippen LogP contribution is -2.09. The standard InChI is InChI=1S/C10H11BrN4OS/c1-3-15-7(10(11)6(2)13-15)4-8(16)9-5-12-14-17-9/h5H,3-4H2,1-2H3. The molecule has 0 spiro atoms. The van der Waals surface area contributed by atoms with Crippen LogP contribution < -0.4 is 0 Å². The van der Waals surface area contributed by atoms with Crippen molar-refractivity contribution < 1.29 is 4.79 Å². The van der Waals surface area contributed by atoms with Crippen LogP contribution in [0.3, 0.4) is 0 Å². The summed E-state index contributed by atoms with van der Waals surface area (Å²) in [6.07, 6.45) is 1.82. The summed E-state index contributed by atoms with van der Waals surface area (Å²) in [4.78, 5) is 12.6. The minimum Gasteiger partial charge on any atom is -0.293 e. The van der Waals surface area contributed by atoms with E-state index >= 15 is 0 Å². The molecule has 17 heavy (non-hydrogen) atoms. The predicted octanol–water partition coefficient (Wildman–Crippen LogP) is 2.25. The number of ketones is 1. The average Bonchev–Trinajstić information content (AvgIpc) is 2.92. The van der Waals surface area contributed by atoms with Gasteiger partial charge in [-0.3, -0.25) is 9.48 Å². The van der Waals surface area contributed by atoms with Crippen LogP contribution >= 0.6 is 27.5 Å². The van der Waals surface area contributed by atoms with Crippen LogP contribution in [0.25, 0.3) is 0 Å². The van der Waals surface area contributed by atoms with Crippen LogP contribution in [0.5, 0.6) is 0 Å². The number of aryl methyl sites for hydroxylation is 2. The Kier molecular flexibility index (Phi) is 3.68. The number of carbonyl (C=O) groups excluding carboxylic acids is 1. The number of carbonyl (C=O) groups is 1. The highest BCUT2D eigenvalue weighted by atomic mass is 79.9. The Bertz CT molecular complexity index is 535. The molecule has 0 fully saturated rings. The van der Waals surface area contributed by atoms with Gasteiger partial charge < -0.3 is 0 Å². The molecule has 0 aromatic carbocycles. The van der Waals surface area contributed by atoms with Crippen molar-refractivity contribution in [1.82, 2.24) is 19.4 Å². The Hall–Kier alpha value is -1.08. The molecule has 0 aliphatic carbocycles. The van der Waals surface area contributed by atoms with Crippen molar-refractivity contribution in [3.63, 3.8) is 0 Å². The molecule has 0 aliphatic heterocycles. The van der Waals surface area contributed by atoms with Gasteiger partial charge >= 0.3 is 0 Å². The summed E-state index contributed by atoms with van der Waals surface area (Å²) in [7, 11) is 0. The zero-order chi connectivity index (χ0) is 12.4. The number of hydrogen-bond acceptors (Lipinski definition) is 5. The van der Waals surface area contributed by atoms with Crippen molar-refractivity contribution in [2.45, 2.75) is 26.8 Å². The van der Waals surface area contributed by atoms with E-state index in [2.05, 4.69) is 30.6 Å². The van der Waals surface area contributed by atoms with Gasteiger partial charge in [-0.1, -0.05) is 4.49 Å². The van der Waals surface area contributed by atoms with E-state index < -0.39 is 0 Å². The molecular formula is C10H11BrN4OS. The molecule has 2 rings (SSSR count). The Morgan fingerprint density at radius 3 is 2.94 bits per heavy atom. The van der Waals surface area contributed by atoms with Crippen LogP contribution in [0, 0.1) is 6.92 Å². The zero-order valence-electron chi connectivity index (χ0n) is 9.47. The molecule has 0 N–H and O–H groups in total. The van der Waals surface area contributed by atoms with Crippen molar-refractivity contribution in [2.75, 3.05) is 0 Å². The van der Waals surface area contributed by atoms with Crippen molar-refractivity contribution in [2.24, 2.45) is 0 Å². The van der Waals surface area contributed by atoms with E-state index in [0.29, 0.717) is 11.3 Å². The van der Waals surface area contributed by atoms with Crippen molar-refractivity contribution in [3.05, 3.63) is 26.9 Å². The van der Waals surface area contributed by atoms with E-state index in [4.69, 9.17) is 0 Å². The Labute approximate surface area is 111 Å². The number of nitrogens with zero attached hydrogens (tertiary/aromatic N) is 4. The second-order valence-electron chi connectivity index (χ2n) is 3.54. The Balaban J connectivity index is 2.27. The summed E-state index contributed by atoms with van der Waals surface area (Å²) in [6.45, 7) is 4.66. The van der Waals surface area contributed by atoms with Gasteiger partial charge in [0, 0.05) is 6.54 Å². The van der Waals surface area contributed by atoms with Crippen LogP contribution in [0.4, 0.5) is 0 Å². The van der Waals surface area contributed by atoms with Crippen LogP contribution in [0.2, 0.25) is 0 Å². The number of Topliss-reactive ketones (excluding diaryl/α,β-unsaturated/α-hetero) is 1. The quantitative estimate of drug-likeness (QED) is 0.812. The summed E-state index contributed by atoms with van der Waals surface area (Å²) >= 11 is 4.59. The van der Waals surface area contributed by atoms with Crippen LogP contribution in [-0.2, 0) is 13.0 Å². The molecule has 0 saturated carbocycles. The third kappa shape index (κ3) is 2.44. The van der Waals surface area contributed by atoms with Gasteiger partial charge in [0.15, 0.2) is 5.78 Å². The van der Waals surface area contributed by atoms with E-state index in [0.717, 1.165) is 33.9 Å². The smallest absolute Gasteiger partial charge is 0.182 e. The predicted molar refractivity (Wildman–Crippen MR) is 68.3 cm³/mol. The highest BCUT2D eigenvalue weighted by molar-refractivity contribution is 9.10. The fraction of sp³-hybridized carbons (Fsp3) is 0.400. The van der Waals surface area contributed by atoms with E-state index in [1.165, 1.54) is 6.20 Å². The van der Waals surface area contributed by atoms with Crippen molar-refractivity contribution in [3.8, 4) is 0 Å². The van der Waals surface area contributed by atoms with E-state index in [1.807, 2.05) is 18.5 Å². The van der Waals surface area contributed by atoms with E-state index in [-0.39, 0.29) is 5.78 Å². The number of aromatic nitrogens is 4. The summed E-state index contributed by atoms with van der Waals surface area (Å²) < 4.78 is 6.44. The molecule has 0 unspecified atom stereocenters. The average molecular weight is 315 g/mol. The summed E-state index contributed by atoms with van der Waals surface area (Å²) in [5.74, 6) is 0.0234. The van der Waals surface area contributed by atoms with Crippen LogP contribution in [0.15, 0.2) is 10.7 Å². The maximum atomic E-state index is 12.0. The summed E-state index contributed by atoms with van der Waals surface area (Å²) in [6, 6.07) is 0. The Morgan fingerprint density at radius 2 is 2.35 bits per heavy atom. The van der Waals surface area contributed by atoms with Gasteiger partial charge in [0.2, 0.25) is 0 Å². The van der Waals surface area contributed by atoms with Crippen molar-refractivity contribution >= 4 is 33.2 Å².